The van der Waals surface area contributed by atoms with Gasteiger partial charge >= 0.3 is 0 Å². The molecule has 0 atom stereocenters. The second-order valence-corrected chi connectivity index (χ2v) is 5.43. The van der Waals surface area contributed by atoms with E-state index in [1.807, 2.05) is 0 Å². The summed E-state index contributed by atoms with van der Waals surface area (Å²) in [5, 5.41) is 0. The van der Waals surface area contributed by atoms with Crippen LogP contribution in [0, 0.1) is 6.92 Å². The number of hydrogen-bond donors (Lipinski definition) is 0. The molecule has 0 spiro atoms. The van der Waals surface area contributed by atoms with E-state index in [1.54, 1.807) is 11.1 Å². The van der Waals surface area contributed by atoms with E-state index in [0.717, 1.165) is 19.6 Å². The molecule has 2 rings (SSSR count). The third-order valence-electron chi connectivity index (χ3n) is 4.18. The van der Waals surface area contributed by atoms with E-state index in [9.17, 15) is 0 Å². The van der Waals surface area contributed by atoms with Crippen molar-refractivity contribution in [2.24, 2.45) is 0 Å². The SMILES string of the molecule is CCC/C(CC)=C(\CC)c1c(C)ccc2c1COC2. The van der Waals surface area contributed by atoms with Crippen molar-refractivity contribution in [3.8, 4) is 0 Å². The third kappa shape index (κ3) is 2.76. The van der Waals surface area contributed by atoms with Crippen LogP contribution < -0.4 is 0 Å². The zero-order valence-corrected chi connectivity index (χ0v) is 12.8. The Hall–Kier alpha value is -1.08. The predicted octanol–water partition coefficient (Wildman–Crippen LogP) is 5.40. The van der Waals surface area contributed by atoms with Crippen molar-refractivity contribution < 1.29 is 4.74 Å². The first-order valence-corrected chi connectivity index (χ1v) is 7.63. The van der Waals surface area contributed by atoms with Gasteiger partial charge in [-0.05, 0) is 54.0 Å². The van der Waals surface area contributed by atoms with Gasteiger partial charge in [-0.1, -0.05) is 44.9 Å². The molecule has 0 unspecified atom stereocenters. The largest absolute Gasteiger partial charge is 0.372 e. The Bertz CT molecular complexity index is 483. The molecule has 0 saturated carbocycles. The van der Waals surface area contributed by atoms with Crippen LogP contribution in [0.3, 0.4) is 0 Å². The van der Waals surface area contributed by atoms with Crippen LogP contribution in [0.4, 0.5) is 0 Å². The van der Waals surface area contributed by atoms with Crippen LogP contribution >= 0.6 is 0 Å². The molecular weight excluding hydrogens is 232 g/mol. The molecule has 0 radical (unpaired) electrons. The standard InChI is InChI=1S/C18H26O/c1-5-8-14(6-2)16(7-3)18-13(4)9-10-15-11-19-12-17(15)18/h9-10H,5-8,11-12H2,1-4H3/b16-14+. The molecule has 1 heterocycles. The van der Waals surface area contributed by atoms with Crippen molar-refractivity contribution >= 4 is 5.57 Å². The van der Waals surface area contributed by atoms with Crippen LogP contribution in [0.25, 0.3) is 5.57 Å². The van der Waals surface area contributed by atoms with Crippen molar-refractivity contribution in [3.63, 3.8) is 0 Å². The molecule has 1 aliphatic heterocycles. The molecule has 0 amide bonds. The smallest absolute Gasteiger partial charge is 0.0730 e. The highest BCUT2D eigenvalue weighted by Gasteiger charge is 2.20. The van der Waals surface area contributed by atoms with Gasteiger partial charge in [0.25, 0.3) is 0 Å². The van der Waals surface area contributed by atoms with Crippen LogP contribution in [-0.2, 0) is 18.0 Å². The molecule has 0 aromatic heterocycles. The lowest BCUT2D eigenvalue weighted by Crippen LogP contribution is -2.00. The number of aryl methyl sites for hydroxylation is 1. The van der Waals surface area contributed by atoms with Gasteiger partial charge in [0.05, 0.1) is 13.2 Å². The van der Waals surface area contributed by atoms with Crippen LogP contribution in [0.2, 0.25) is 0 Å². The predicted molar refractivity (Wildman–Crippen MR) is 82.1 cm³/mol. The van der Waals surface area contributed by atoms with Gasteiger partial charge in [0.2, 0.25) is 0 Å². The summed E-state index contributed by atoms with van der Waals surface area (Å²) in [5.74, 6) is 0. The quantitative estimate of drug-likeness (QED) is 0.687. The van der Waals surface area contributed by atoms with Crippen LogP contribution in [0.1, 0.15) is 68.7 Å². The number of fused-ring (bicyclic) bond motifs is 1. The second-order valence-electron chi connectivity index (χ2n) is 5.43. The van der Waals surface area contributed by atoms with Gasteiger partial charge in [0.15, 0.2) is 0 Å². The fourth-order valence-corrected chi connectivity index (χ4v) is 3.24. The maximum absolute atomic E-state index is 5.66. The number of hydrogen-bond acceptors (Lipinski definition) is 1. The lowest BCUT2D eigenvalue weighted by molar-refractivity contribution is 0.134. The number of benzene rings is 1. The molecular formula is C18H26O. The average Bonchev–Trinajstić information content (AvgIpc) is 2.88. The molecule has 1 aromatic rings. The summed E-state index contributed by atoms with van der Waals surface area (Å²) in [7, 11) is 0. The Balaban J connectivity index is 2.58. The topological polar surface area (TPSA) is 9.23 Å². The molecule has 0 fully saturated rings. The van der Waals surface area contributed by atoms with Crippen molar-refractivity contribution in [1.29, 1.82) is 0 Å². The van der Waals surface area contributed by atoms with Crippen molar-refractivity contribution in [2.75, 3.05) is 0 Å². The highest BCUT2D eigenvalue weighted by atomic mass is 16.5. The van der Waals surface area contributed by atoms with E-state index in [2.05, 4.69) is 39.8 Å². The first-order valence-electron chi connectivity index (χ1n) is 7.63. The monoisotopic (exact) mass is 258 g/mol. The maximum Gasteiger partial charge on any atom is 0.0730 e. The summed E-state index contributed by atoms with van der Waals surface area (Å²) in [6.45, 7) is 10.7. The number of ether oxygens (including phenoxy) is 1. The van der Waals surface area contributed by atoms with Gasteiger partial charge < -0.3 is 4.74 Å². The van der Waals surface area contributed by atoms with E-state index in [0.29, 0.717) is 0 Å². The van der Waals surface area contributed by atoms with E-state index in [4.69, 9.17) is 4.74 Å². The fraction of sp³-hybridized carbons (Fsp3) is 0.556. The minimum atomic E-state index is 0.787. The van der Waals surface area contributed by atoms with E-state index >= 15 is 0 Å². The summed E-state index contributed by atoms with van der Waals surface area (Å²) in [6, 6.07) is 4.50. The minimum absolute atomic E-state index is 0.787. The molecule has 0 aliphatic carbocycles. The van der Waals surface area contributed by atoms with Crippen molar-refractivity contribution in [3.05, 3.63) is 40.0 Å². The molecule has 104 valence electrons. The fourth-order valence-electron chi connectivity index (χ4n) is 3.24. The summed E-state index contributed by atoms with van der Waals surface area (Å²) in [5.41, 5.74) is 8.93. The second kappa shape index (κ2) is 6.38. The lowest BCUT2D eigenvalue weighted by Gasteiger charge is -2.18. The Kier molecular flexibility index (Phi) is 4.81. The average molecular weight is 258 g/mol. The van der Waals surface area contributed by atoms with Gasteiger partial charge in [0, 0.05) is 0 Å². The zero-order valence-electron chi connectivity index (χ0n) is 12.8. The summed E-state index contributed by atoms with van der Waals surface area (Å²) < 4.78 is 5.66. The van der Waals surface area contributed by atoms with Gasteiger partial charge in [-0.2, -0.15) is 0 Å². The molecule has 1 heteroatoms. The Morgan fingerprint density at radius 1 is 1.11 bits per heavy atom. The maximum atomic E-state index is 5.66. The molecule has 1 nitrogen and oxygen atoms in total. The third-order valence-corrected chi connectivity index (χ3v) is 4.18. The van der Waals surface area contributed by atoms with Crippen LogP contribution in [0.15, 0.2) is 17.7 Å². The lowest BCUT2D eigenvalue weighted by atomic mass is 9.86. The number of rotatable bonds is 5. The van der Waals surface area contributed by atoms with Gasteiger partial charge in [-0.25, -0.2) is 0 Å². The zero-order chi connectivity index (χ0) is 13.8. The highest BCUT2D eigenvalue weighted by Crippen LogP contribution is 2.36. The van der Waals surface area contributed by atoms with E-state index in [-0.39, 0.29) is 0 Å². The molecule has 1 aliphatic rings. The van der Waals surface area contributed by atoms with Crippen LogP contribution in [0.5, 0.6) is 0 Å². The van der Waals surface area contributed by atoms with Crippen molar-refractivity contribution in [1.82, 2.24) is 0 Å². The van der Waals surface area contributed by atoms with Crippen LogP contribution in [-0.4, -0.2) is 0 Å². The normalized spacial score (nSPS) is 15.4. The summed E-state index contributed by atoms with van der Waals surface area (Å²) >= 11 is 0. The highest BCUT2D eigenvalue weighted by molar-refractivity contribution is 5.74. The molecule has 0 saturated heterocycles. The Morgan fingerprint density at radius 3 is 2.53 bits per heavy atom. The molecule has 1 aromatic carbocycles. The summed E-state index contributed by atoms with van der Waals surface area (Å²) in [4.78, 5) is 0. The first kappa shape index (κ1) is 14.3. The molecule has 0 N–H and O–H groups in total. The molecule has 19 heavy (non-hydrogen) atoms. The van der Waals surface area contributed by atoms with Gasteiger partial charge in [-0.15, -0.1) is 0 Å². The van der Waals surface area contributed by atoms with E-state index < -0.39 is 0 Å². The van der Waals surface area contributed by atoms with Gasteiger partial charge in [-0.3, -0.25) is 0 Å². The minimum Gasteiger partial charge on any atom is -0.372 e. The Labute approximate surface area is 117 Å². The summed E-state index contributed by atoms with van der Waals surface area (Å²) in [6.07, 6.45) is 4.75. The van der Waals surface area contributed by atoms with E-state index in [1.165, 1.54) is 41.5 Å². The Morgan fingerprint density at radius 2 is 1.89 bits per heavy atom. The molecule has 0 bridgehead atoms. The van der Waals surface area contributed by atoms with Crippen molar-refractivity contribution in [2.45, 2.75) is 66.6 Å². The first-order chi connectivity index (χ1) is 9.22. The number of allylic oxidation sites excluding steroid dienone is 2. The van der Waals surface area contributed by atoms with Gasteiger partial charge in [0.1, 0.15) is 0 Å².